The van der Waals surface area contributed by atoms with Gasteiger partial charge in [-0.25, -0.2) is 0 Å². The third kappa shape index (κ3) is 3.83. The van der Waals surface area contributed by atoms with Crippen molar-refractivity contribution >= 4 is 5.91 Å². The van der Waals surface area contributed by atoms with E-state index in [9.17, 15) is 9.90 Å². The van der Waals surface area contributed by atoms with Gasteiger partial charge >= 0.3 is 0 Å². The first-order valence-electron chi connectivity index (χ1n) is 7.41. The number of likely N-dealkylation sites (tertiary alicyclic amines) is 1. The van der Waals surface area contributed by atoms with Crippen LogP contribution >= 0.6 is 0 Å². The van der Waals surface area contributed by atoms with Crippen molar-refractivity contribution < 1.29 is 9.90 Å². The molecule has 1 atom stereocenters. The van der Waals surface area contributed by atoms with Gasteiger partial charge in [0.2, 0.25) is 5.91 Å². The van der Waals surface area contributed by atoms with Gasteiger partial charge in [-0.05, 0) is 29.4 Å². The summed E-state index contributed by atoms with van der Waals surface area (Å²) in [7, 11) is 0. The standard InChI is InChI=1S/C17H25NO2/c1-17(2,3)14-7-4-13(5-8-14)6-9-16(20)18-11-10-15(19)12-18/h4-5,7-8,15,19H,6,9-12H2,1-3H3/t15-/m1/s1. The molecule has 1 saturated heterocycles. The van der Waals surface area contributed by atoms with Crippen LogP contribution in [0.4, 0.5) is 0 Å². The molecular formula is C17H25NO2. The van der Waals surface area contributed by atoms with E-state index in [1.54, 1.807) is 4.90 Å². The Morgan fingerprint density at radius 2 is 1.95 bits per heavy atom. The number of benzene rings is 1. The molecule has 1 heterocycles. The number of hydrogen-bond acceptors (Lipinski definition) is 2. The zero-order chi connectivity index (χ0) is 14.8. The van der Waals surface area contributed by atoms with Crippen LogP contribution in [0.1, 0.15) is 44.7 Å². The van der Waals surface area contributed by atoms with Crippen LogP contribution < -0.4 is 0 Å². The van der Waals surface area contributed by atoms with Crippen LogP contribution in [0.5, 0.6) is 0 Å². The SMILES string of the molecule is CC(C)(C)c1ccc(CCC(=O)N2CC[C@@H](O)C2)cc1. The molecular weight excluding hydrogens is 250 g/mol. The van der Waals surface area contributed by atoms with Crippen molar-refractivity contribution in [1.82, 2.24) is 4.90 Å². The Morgan fingerprint density at radius 3 is 2.45 bits per heavy atom. The van der Waals surface area contributed by atoms with Crippen molar-refractivity contribution in [2.24, 2.45) is 0 Å². The number of aliphatic hydroxyl groups excluding tert-OH is 1. The van der Waals surface area contributed by atoms with Gasteiger partial charge in [0.05, 0.1) is 6.10 Å². The molecule has 0 aliphatic carbocycles. The molecule has 1 N–H and O–H groups in total. The lowest BCUT2D eigenvalue weighted by molar-refractivity contribution is -0.130. The van der Waals surface area contributed by atoms with Gasteiger partial charge in [0.1, 0.15) is 0 Å². The van der Waals surface area contributed by atoms with Gasteiger partial charge in [-0.15, -0.1) is 0 Å². The summed E-state index contributed by atoms with van der Waals surface area (Å²) in [5.41, 5.74) is 2.68. The van der Waals surface area contributed by atoms with E-state index < -0.39 is 0 Å². The van der Waals surface area contributed by atoms with Crippen LogP contribution in [0.25, 0.3) is 0 Å². The Kier molecular flexibility index (Phi) is 4.48. The summed E-state index contributed by atoms with van der Waals surface area (Å²) in [4.78, 5) is 13.8. The maximum atomic E-state index is 12.0. The topological polar surface area (TPSA) is 40.5 Å². The maximum Gasteiger partial charge on any atom is 0.222 e. The molecule has 0 unspecified atom stereocenters. The number of carbonyl (C=O) groups excluding carboxylic acids is 1. The van der Waals surface area contributed by atoms with Crippen LogP contribution in [0.2, 0.25) is 0 Å². The van der Waals surface area contributed by atoms with Crippen LogP contribution in [0.15, 0.2) is 24.3 Å². The van der Waals surface area contributed by atoms with Crippen molar-refractivity contribution in [1.29, 1.82) is 0 Å². The van der Waals surface area contributed by atoms with E-state index >= 15 is 0 Å². The van der Waals surface area contributed by atoms with Crippen molar-refractivity contribution in [3.05, 3.63) is 35.4 Å². The van der Waals surface area contributed by atoms with Crippen LogP contribution in [-0.2, 0) is 16.6 Å². The Hall–Kier alpha value is -1.35. The number of rotatable bonds is 3. The number of aryl methyl sites for hydroxylation is 1. The van der Waals surface area contributed by atoms with E-state index in [0.717, 1.165) is 6.42 Å². The van der Waals surface area contributed by atoms with Gasteiger partial charge in [-0.3, -0.25) is 4.79 Å². The fourth-order valence-electron chi connectivity index (χ4n) is 2.55. The van der Waals surface area contributed by atoms with Crippen LogP contribution in [0, 0.1) is 0 Å². The third-order valence-electron chi connectivity index (χ3n) is 3.96. The maximum absolute atomic E-state index is 12.0. The largest absolute Gasteiger partial charge is 0.391 e. The zero-order valence-corrected chi connectivity index (χ0v) is 12.7. The predicted octanol–water partition coefficient (Wildman–Crippen LogP) is 2.51. The molecule has 0 radical (unpaired) electrons. The molecule has 3 nitrogen and oxygen atoms in total. The first-order valence-corrected chi connectivity index (χ1v) is 7.41. The zero-order valence-electron chi connectivity index (χ0n) is 12.7. The second-order valence-corrected chi connectivity index (χ2v) is 6.73. The van der Waals surface area contributed by atoms with Gasteiger partial charge in [0, 0.05) is 19.5 Å². The average Bonchev–Trinajstić information content (AvgIpc) is 2.82. The van der Waals surface area contributed by atoms with E-state index in [-0.39, 0.29) is 17.4 Å². The molecule has 3 heteroatoms. The molecule has 1 aliphatic rings. The molecule has 1 aromatic carbocycles. The molecule has 110 valence electrons. The summed E-state index contributed by atoms with van der Waals surface area (Å²) in [6.07, 6.45) is 1.69. The van der Waals surface area contributed by atoms with Gasteiger partial charge in [0.25, 0.3) is 0 Å². The quantitative estimate of drug-likeness (QED) is 0.921. The summed E-state index contributed by atoms with van der Waals surface area (Å²) in [5, 5.41) is 9.45. The molecule has 1 amide bonds. The van der Waals surface area contributed by atoms with Crippen LogP contribution in [0.3, 0.4) is 0 Å². The van der Waals surface area contributed by atoms with E-state index in [2.05, 4.69) is 45.0 Å². The second kappa shape index (κ2) is 5.96. The molecule has 0 saturated carbocycles. The summed E-state index contributed by atoms with van der Waals surface area (Å²) < 4.78 is 0. The monoisotopic (exact) mass is 275 g/mol. The summed E-state index contributed by atoms with van der Waals surface area (Å²) in [6.45, 7) is 7.80. The molecule has 0 spiro atoms. The highest BCUT2D eigenvalue weighted by Crippen LogP contribution is 2.22. The molecule has 1 fully saturated rings. The third-order valence-corrected chi connectivity index (χ3v) is 3.96. The lowest BCUT2D eigenvalue weighted by Gasteiger charge is -2.19. The molecule has 2 rings (SSSR count). The number of β-amino-alcohol motifs (C(OH)–C–C–N with tert-alkyl or cyclic N) is 1. The van der Waals surface area contributed by atoms with E-state index in [0.29, 0.717) is 25.9 Å². The Labute approximate surface area is 121 Å². The van der Waals surface area contributed by atoms with Crippen LogP contribution in [-0.4, -0.2) is 35.1 Å². The van der Waals surface area contributed by atoms with Crippen molar-refractivity contribution in [2.75, 3.05) is 13.1 Å². The van der Waals surface area contributed by atoms with E-state index in [1.165, 1.54) is 11.1 Å². The molecule has 1 aromatic rings. The molecule has 1 aliphatic heterocycles. The summed E-state index contributed by atoms with van der Waals surface area (Å²) in [6, 6.07) is 8.54. The average molecular weight is 275 g/mol. The number of amides is 1. The van der Waals surface area contributed by atoms with E-state index in [1.807, 2.05) is 0 Å². The number of nitrogens with zero attached hydrogens (tertiary/aromatic N) is 1. The predicted molar refractivity (Wildman–Crippen MR) is 80.7 cm³/mol. The fourth-order valence-corrected chi connectivity index (χ4v) is 2.55. The number of hydrogen-bond donors (Lipinski definition) is 1. The summed E-state index contributed by atoms with van der Waals surface area (Å²) in [5.74, 6) is 0.154. The highest BCUT2D eigenvalue weighted by molar-refractivity contribution is 5.76. The second-order valence-electron chi connectivity index (χ2n) is 6.73. The fraction of sp³-hybridized carbons (Fsp3) is 0.588. The van der Waals surface area contributed by atoms with Gasteiger partial charge in [-0.2, -0.15) is 0 Å². The molecule has 20 heavy (non-hydrogen) atoms. The Balaban J connectivity index is 1.86. The van der Waals surface area contributed by atoms with Crippen molar-refractivity contribution in [3.63, 3.8) is 0 Å². The van der Waals surface area contributed by atoms with Gasteiger partial charge in [0.15, 0.2) is 0 Å². The first-order chi connectivity index (χ1) is 9.36. The number of aliphatic hydroxyl groups is 1. The smallest absolute Gasteiger partial charge is 0.222 e. The normalized spacial score (nSPS) is 19.4. The Bertz CT molecular complexity index is 459. The Morgan fingerprint density at radius 1 is 1.30 bits per heavy atom. The van der Waals surface area contributed by atoms with Crippen molar-refractivity contribution in [3.8, 4) is 0 Å². The minimum atomic E-state index is -0.329. The highest BCUT2D eigenvalue weighted by Gasteiger charge is 2.23. The lowest BCUT2D eigenvalue weighted by atomic mass is 9.86. The highest BCUT2D eigenvalue weighted by atomic mass is 16.3. The van der Waals surface area contributed by atoms with Gasteiger partial charge in [-0.1, -0.05) is 45.0 Å². The lowest BCUT2D eigenvalue weighted by Crippen LogP contribution is -2.29. The minimum absolute atomic E-state index is 0.154. The van der Waals surface area contributed by atoms with E-state index in [4.69, 9.17) is 0 Å². The van der Waals surface area contributed by atoms with Crippen molar-refractivity contribution in [2.45, 2.75) is 51.6 Å². The molecule has 0 bridgehead atoms. The summed E-state index contributed by atoms with van der Waals surface area (Å²) >= 11 is 0. The number of carbonyl (C=O) groups is 1. The molecule has 0 aromatic heterocycles. The minimum Gasteiger partial charge on any atom is -0.391 e. The van der Waals surface area contributed by atoms with Gasteiger partial charge < -0.3 is 10.0 Å². The first kappa shape index (κ1) is 15.0.